The van der Waals surface area contributed by atoms with Crippen molar-refractivity contribution < 1.29 is 14.3 Å². The van der Waals surface area contributed by atoms with Crippen LogP contribution in [0, 0.1) is 0 Å². The summed E-state index contributed by atoms with van der Waals surface area (Å²) in [5.41, 5.74) is 3.42. The van der Waals surface area contributed by atoms with Gasteiger partial charge in [0.2, 0.25) is 0 Å². The predicted octanol–water partition coefficient (Wildman–Crippen LogP) is 2.12. The van der Waals surface area contributed by atoms with Crippen molar-refractivity contribution in [2.45, 2.75) is 38.5 Å². The van der Waals surface area contributed by atoms with Crippen LogP contribution >= 0.6 is 0 Å². The van der Waals surface area contributed by atoms with Crippen molar-refractivity contribution >= 4 is 5.91 Å². The van der Waals surface area contributed by atoms with Gasteiger partial charge in [-0.05, 0) is 42.5 Å². The molecule has 0 N–H and O–H groups in total. The lowest BCUT2D eigenvalue weighted by Gasteiger charge is -2.31. The van der Waals surface area contributed by atoms with Crippen LogP contribution in [0.25, 0.3) is 0 Å². The molecule has 1 amide bonds. The summed E-state index contributed by atoms with van der Waals surface area (Å²) in [5, 5.41) is 0. The Morgan fingerprint density at radius 1 is 1.32 bits per heavy atom. The number of fused-ring (bicyclic) bond motifs is 1. The van der Waals surface area contributed by atoms with Crippen LogP contribution in [0.2, 0.25) is 0 Å². The molecule has 0 aromatic carbocycles. The van der Waals surface area contributed by atoms with E-state index >= 15 is 0 Å². The van der Waals surface area contributed by atoms with E-state index in [0.717, 1.165) is 42.7 Å². The first kappa shape index (κ1) is 16.0. The number of aromatic nitrogens is 2. The summed E-state index contributed by atoms with van der Waals surface area (Å²) < 4.78 is 11.3. The van der Waals surface area contributed by atoms with Crippen molar-refractivity contribution in [1.82, 2.24) is 14.9 Å². The first-order valence-corrected chi connectivity index (χ1v) is 8.69. The zero-order chi connectivity index (χ0) is 17.1. The highest BCUT2D eigenvalue weighted by Gasteiger charge is 2.30. The summed E-state index contributed by atoms with van der Waals surface area (Å²) in [4.78, 5) is 22.8. The lowest BCUT2D eigenvalue weighted by Crippen LogP contribution is -2.42. The molecule has 130 valence electrons. The van der Waals surface area contributed by atoms with Crippen LogP contribution in [-0.4, -0.2) is 40.0 Å². The Morgan fingerprint density at radius 2 is 2.28 bits per heavy atom. The molecule has 2 aliphatic heterocycles. The molecule has 25 heavy (non-hydrogen) atoms. The van der Waals surface area contributed by atoms with Gasteiger partial charge in [-0.3, -0.25) is 14.8 Å². The highest BCUT2D eigenvalue weighted by molar-refractivity contribution is 5.81. The third-order valence-corrected chi connectivity index (χ3v) is 4.77. The summed E-state index contributed by atoms with van der Waals surface area (Å²) in [6, 6.07) is 3.74. The molecule has 0 radical (unpaired) electrons. The second-order valence-electron chi connectivity index (χ2n) is 6.43. The maximum absolute atomic E-state index is 12.6. The second-order valence-corrected chi connectivity index (χ2v) is 6.43. The van der Waals surface area contributed by atoms with Gasteiger partial charge in [0.05, 0.1) is 6.20 Å². The number of amides is 1. The average molecular weight is 339 g/mol. The average Bonchev–Trinajstić information content (AvgIpc) is 3.21. The third kappa shape index (κ3) is 3.49. The Morgan fingerprint density at radius 3 is 3.08 bits per heavy atom. The third-order valence-electron chi connectivity index (χ3n) is 4.77. The molecule has 0 unspecified atom stereocenters. The van der Waals surface area contributed by atoms with E-state index in [2.05, 4.69) is 9.97 Å². The normalized spacial score (nSPS) is 19.5. The van der Waals surface area contributed by atoms with Crippen molar-refractivity contribution in [2.24, 2.45) is 0 Å². The molecule has 0 bridgehead atoms. The van der Waals surface area contributed by atoms with E-state index in [1.54, 1.807) is 12.4 Å². The Bertz CT molecular complexity index is 745. The van der Waals surface area contributed by atoms with E-state index in [0.29, 0.717) is 19.8 Å². The van der Waals surface area contributed by atoms with Crippen molar-refractivity contribution in [3.63, 3.8) is 0 Å². The minimum atomic E-state index is -0.258. The van der Waals surface area contributed by atoms with Crippen LogP contribution in [0.4, 0.5) is 0 Å². The van der Waals surface area contributed by atoms with Crippen LogP contribution in [0.15, 0.2) is 36.9 Å². The Balaban J connectivity index is 1.45. The molecule has 2 aromatic heterocycles. The van der Waals surface area contributed by atoms with Gasteiger partial charge in [0, 0.05) is 43.9 Å². The summed E-state index contributed by atoms with van der Waals surface area (Å²) in [6.07, 6.45) is 9.50. The van der Waals surface area contributed by atoms with Gasteiger partial charge in [0.15, 0.2) is 0 Å². The maximum Gasteiger partial charge on any atom is 0.252 e. The first-order valence-electron chi connectivity index (χ1n) is 8.69. The number of nitrogens with zero attached hydrogens (tertiary/aromatic N) is 3. The highest BCUT2D eigenvalue weighted by Crippen LogP contribution is 2.25. The minimum absolute atomic E-state index is 0.111. The van der Waals surface area contributed by atoms with E-state index in [1.165, 1.54) is 5.56 Å². The van der Waals surface area contributed by atoms with Gasteiger partial charge in [-0.2, -0.15) is 0 Å². The van der Waals surface area contributed by atoms with Gasteiger partial charge in [-0.1, -0.05) is 0 Å². The van der Waals surface area contributed by atoms with Crippen LogP contribution in [0.1, 0.15) is 29.5 Å². The van der Waals surface area contributed by atoms with Crippen molar-refractivity contribution in [3.8, 4) is 5.75 Å². The van der Waals surface area contributed by atoms with Crippen LogP contribution in [0.5, 0.6) is 5.75 Å². The standard InChI is InChI=1S/C19H21N3O3/c23-19(18-4-2-8-24-18)22-7-5-17-14(12-22)9-21-10-15(17)13-25-16-3-1-6-20-11-16/h1,3,6,9-11,18H,2,4-5,7-8,12-13H2/t18-/m0/s1. The molecule has 0 aliphatic carbocycles. The van der Waals surface area contributed by atoms with Crippen molar-refractivity contribution in [3.05, 3.63) is 53.6 Å². The van der Waals surface area contributed by atoms with E-state index in [-0.39, 0.29) is 12.0 Å². The van der Waals surface area contributed by atoms with Crippen molar-refractivity contribution in [2.75, 3.05) is 13.2 Å². The fraction of sp³-hybridized carbons (Fsp3) is 0.421. The Kier molecular flexibility index (Phi) is 4.61. The number of rotatable bonds is 4. The maximum atomic E-state index is 12.6. The quantitative estimate of drug-likeness (QED) is 0.854. The second kappa shape index (κ2) is 7.19. The van der Waals surface area contributed by atoms with Crippen LogP contribution in [-0.2, 0) is 29.1 Å². The number of carbonyl (C=O) groups is 1. The molecule has 4 rings (SSSR count). The zero-order valence-electron chi connectivity index (χ0n) is 14.1. The van der Waals surface area contributed by atoms with Crippen LogP contribution in [0.3, 0.4) is 0 Å². The molecular formula is C19H21N3O3. The molecule has 6 nitrogen and oxygen atoms in total. The fourth-order valence-electron chi connectivity index (χ4n) is 3.45. The van der Waals surface area contributed by atoms with E-state index in [9.17, 15) is 4.79 Å². The molecule has 6 heteroatoms. The largest absolute Gasteiger partial charge is 0.487 e. The Hall–Kier alpha value is -2.47. The zero-order valence-corrected chi connectivity index (χ0v) is 14.1. The van der Waals surface area contributed by atoms with E-state index < -0.39 is 0 Å². The topological polar surface area (TPSA) is 64.5 Å². The molecule has 2 aromatic rings. The minimum Gasteiger partial charge on any atom is -0.487 e. The number of pyridine rings is 2. The fourth-order valence-corrected chi connectivity index (χ4v) is 3.45. The highest BCUT2D eigenvalue weighted by atomic mass is 16.5. The number of carbonyl (C=O) groups excluding carboxylic acids is 1. The lowest BCUT2D eigenvalue weighted by atomic mass is 9.97. The SMILES string of the molecule is O=C([C@@H]1CCCO1)N1CCc2c(COc3cccnc3)cncc2C1. The molecule has 4 heterocycles. The molecule has 2 aliphatic rings. The van der Waals surface area contributed by atoms with E-state index in [4.69, 9.17) is 9.47 Å². The monoisotopic (exact) mass is 339 g/mol. The number of hydrogen-bond acceptors (Lipinski definition) is 5. The molecule has 1 saturated heterocycles. The molecule has 1 fully saturated rings. The smallest absolute Gasteiger partial charge is 0.252 e. The van der Waals surface area contributed by atoms with Gasteiger partial charge < -0.3 is 14.4 Å². The van der Waals surface area contributed by atoms with Gasteiger partial charge in [0.1, 0.15) is 18.5 Å². The van der Waals surface area contributed by atoms with Crippen molar-refractivity contribution in [1.29, 1.82) is 0 Å². The summed E-state index contributed by atoms with van der Waals surface area (Å²) in [7, 11) is 0. The van der Waals surface area contributed by atoms with Gasteiger partial charge in [0.25, 0.3) is 5.91 Å². The Labute approximate surface area is 146 Å². The first-order chi connectivity index (χ1) is 12.3. The summed E-state index contributed by atoms with van der Waals surface area (Å²) in [6.45, 7) is 2.47. The number of hydrogen-bond donors (Lipinski definition) is 0. The van der Waals surface area contributed by atoms with Crippen LogP contribution < -0.4 is 4.74 Å². The lowest BCUT2D eigenvalue weighted by molar-refractivity contribution is -0.141. The number of ether oxygens (including phenoxy) is 2. The predicted molar refractivity (Wildman–Crippen MR) is 90.9 cm³/mol. The van der Waals surface area contributed by atoms with E-state index in [1.807, 2.05) is 29.4 Å². The molecular weight excluding hydrogens is 318 g/mol. The summed E-state index contributed by atoms with van der Waals surface area (Å²) in [5.74, 6) is 0.853. The molecule has 0 saturated carbocycles. The summed E-state index contributed by atoms with van der Waals surface area (Å²) >= 11 is 0. The van der Waals surface area contributed by atoms with Gasteiger partial charge in [-0.15, -0.1) is 0 Å². The molecule has 1 atom stereocenters. The van der Waals surface area contributed by atoms with Gasteiger partial charge >= 0.3 is 0 Å². The molecule has 0 spiro atoms. The van der Waals surface area contributed by atoms with Gasteiger partial charge in [-0.25, -0.2) is 0 Å².